The van der Waals surface area contributed by atoms with Gasteiger partial charge in [-0.25, -0.2) is 19.8 Å². The summed E-state index contributed by atoms with van der Waals surface area (Å²) in [6.07, 6.45) is 1.85. The number of fused-ring (bicyclic) bond motifs is 5. The van der Waals surface area contributed by atoms with Crippen LogP contribution in [0, 0.1) is 6.57 Å². The van der Waals surface area contributed by atoms with E-state index in [1.54, 1.807) is 0 Å². The molecule has 0 saturated heterocycles. The summed E-state index contributed by atoms with van der Waals surface area (Å²) < 4.78 is 0. The summed E-state index contributed by atoms with van der Waals surface area (Å²) in [6.45, 7) is 7.43. The van der Waals surface area contributed by atoms with Gasteiger partial charge in [0, 0.05) is 33.8 Å². The van der Waals surface area contributed by atoms with E-state index in [1.807, 2.05) is 72.9 Å². The first-order chi connectivity index (χ1) is 27.7. The molecule has 0 amide bonds. The molecule has 10 aromatic rings. The predicted octanol–water partition coefficient (Wildman–Crippen LogP) is 13.3. The highest BCUT2D eigenvalue weighted by atomic mass is 15.0. The first kappa shape index (κ1) is 32.8. The van der Waals surface area contributed by atoms with Crippen LogP contribution in [0.25, 0.3) is 105 Å². The molecule has 2 heterocycles. The van der Waals surface area contributed by atoms with Gasteiger partial charge in [0.1, 0.15) is 0 Å². The maximum atomic E-state index is 7.43. The fourth-order valence-corrected chi connectivity index (χ4v) is 7.65. The van der Waals surface area contributed by atoms with Crippen LogP contribution in [0.3, 0.4) is 0 Å². The van der Waals surface area contributed by atoms with E-state index in [1.165, 1.54) is 0 Å². The molecule has 8 aromatic carbocycles. The molecule has 0 saturated carbocycles. The van der Waals surface area contributed by atoms with Crippen LogP contribution < -0.4 is 0 Å². The molecule has 10 rings (SSSR count). The van der Waals surface area contributed by atoms with Crippen molar-refractivity contribution in [1.29, 1.82) is 0 Å². The summed E-state index contributed by atoms with van der Waals surface area (Å²) in [4.78, 5) is 23.7. The minimum atomic E-state index is 0.606. The number of aromatic nitrogens is 4. The summed E-state index contributed by atoms with van der Waals surface area (Å²) in [7, 11) is 0. The molecule has 0 radical (unpaired) electrons. The lowest BCUT2D eigenvalue weighted by atomic mass is 9.89. The van der Waals surface area contributed by atoms with Crippen LogP contribution in [0.15, 0.2) is 188 Å². The number of pyridine rings is 1. The van der Waals surface area contributed by atoms with Crippen molar-refractivity contribution in [1.82, 2.24) is 19.9 Å². The third-order valence-electron chi connectivity index (χ3n) is 10.4. The normalized spacial score (nSPS) is 11.2. The Kier molecular flexibility index (Phi) is 8.13. The van der Waals surface area contributed by atoms with E-state index in [0.29, 0.717) is 23.2 Å². The Labute approximate surface area is 324 Å². The van der Waals surface area contributed by atoms with Gasteiger partial charge < -0.3 is 0 Å². The average Bonchev–Trinajstić information content (AvgIpc) is 3.29. The van der Waals surface area contributed by atoms with Crippen molar-refractivity contribution in [2.75, 3.05) is 0 Å². The Bertz CT molecular complexity index is 3130. The van der Waals surface area contributed by atoms with Crippen molar-refractivity contribution in [2.24, 2.45) is 0 Å². The number of benzene rings is 8. The van der Waals surface area contributed by atoms with Crippen LogP contribution in [-0.4, -0.2) is 19.9 Å². The quantitative estimate of drug-likeness (QED) is 0.127. The monoisotopic (exact) mass is 713 g/mol. The van der Waals surface area contributed by atoms with Gasteiger partial charge >= 0.3 is 0 Å². The van der Waals surface area contributed by atoms with Crippen LogP contribution in [0.5, 0.6) is 0 Å². The van der Waals surface area contributed by atoms with Gasteiger partial charge in [-0.05, 0) is 79.7 Å². The summed E-state index contributed by atoms with van der Waals surface area (Å²) in [5.41, 5.74) is 10.8. The number of nitrogens with zero attached hydrogens (tertiary/aromatic N) is 5. The number of hydrogen-bond acceptors (Lipinski definition) is 4. The lowest BCUT2D eigenvalue weighted by Gasteiger charge is -2.16. The van der Waals surface area contributed by atoms with Crippen LogP contribution in [0.2, 0.25) is 0 Å². The van der Waals surface area contributed by atoms with Crippen molar-refractivity contribution in [3.8, 4) is 67.5 Å². The highest BCUT2D eigenvalue weighted by Crippen LogP contribution is 2.42. The summed E-state index contributed by atoms with van der Waals surface area (Å²) >= 11 is 0. The third kappa shape index (κ3) is 5.92. The fraction of sp³-hybridized carbons (Fsp3) is 0. The Balaban J connectivity index is 1.15. The van der Waals surface area contributed by atoms with Gasteiger partial charge in [-0.15, -0.1) is 0 Å². The van der Waals surface area contributed by atoms with Crippen molar-refractivity contribution < 1.29 is 0 Å². The molecule has 0 aliphatic rings. The van der Waals surface area contributed by atoms with E-state index >= 15 is 0 Å². The Morgan fingerprint density at radius 3 is 1.55 bits per heavy atom. The van der Waals surface area contributed by atoms with Gasteiger partial charge in [-0.1, -0.05) is 152 Å². The molecule has 5 nitrogen and oxygen atoms in total. The SMILES string of the molecule is [C-]#[N+]c1ccc(-c2cc3c4ccccc4c(-c4cccc(-c5nc(-c6ccccc6)nc(-c6cccc(-c7ccccc7)c6)n5)c4)cc3c3cccnc23)cc1. The van der Waals surface area contributed by atoms with Crippen LogP contribution in [-0.2, 0) is 0 Å². The van der Waals surface area contributed by atoms with Crippen molar-refractivity contribution >= 4 is 38.1 Å². The molecule has 5 heteroatoms. The van der Waals surface area contributed by atoms with Crippen molar-refractivity contribution in [3.63, 3.8) is 0 Å². The van der Waals surface area contributed by atoms with Gasteiger partial charge in [0.05, 0.1) is 12.1 Å². The molecule has 0 fully saturated rings. The highest BCUT2D eigenvalue weighted by Gasteiger charge is 2.17. The molecular formula is C51H31N5. The maximum absolute atomic E-state index is 7.43. The Morgan fingerprint density at radius 2 is 0.857 bits per heavy atom. The predicted molar refractivity (Wildman–Crippen MR) is 229 cm³/mol. The zero-order chi connectivity index (χ0) is 37.4. The van der Waals surface area contributed by atoms with Gasteiger partial charge in [-0.2, -0.15) is 0 Å². The summed E-state index contributed by atoms with van der Waals surface area (Å²) in [5.74, 6) is 1.84. The lowest BCUT2D eigenvalue weighted by molar-refractivity contribution is 1.07. The van der Waals surface area contributed by atoms with Gasteiger partial charge in [0.25, 0.3) is 0 Å². The largest absolute Gasteiger partial charge is 0.256 e. The highest BCUT2D eigenvalue weighted by molar-refractivity contribution is 6.23. The minimum absolute atomic E-state index is 0.606. The zero-order valence-electron chi connectivity index (χ0n) is 30.1. The minimum Gasteiger partial charge on any atom is -0.256 e. The zero-order valence-corrected chi connectivity index (χ0v) is 30.1. The Hall–Kier alpha value is -7.81. The molecule has 0 N–H and O–H groups in total. The lowest BCUT2D eigenvalue weighted by Crippen LogP contribution is -2.00. The smallest absolute Gasteiger partial charge is 0.187 e. The molecule has 260 valence electrons. The van der Waals surface area contributed by atoms with Crippen molar-refractivity contribution in [2.45, 2.75) is 0 Å². The second-order valence-corrected chi connectivity index (χ2v) is 13.7. The van der Waals surface area contributed by atoms with Crippen molar-refractivity contribution in [3.05, 3.63) is 200 Å². The second kappa shape index (κ2) is 13.9. The first-order valence-electron chi connectivity index (χ1n) is 18.5. The molecule has 0 bridgehead atoms. The summed E-state index contributed by atoms with van der Waals surface area (Å²) in [5, 5.41) is 5.65. The standard InChI is InChI=1S/C51H31N5/c1-52-40-26-24-34(25-27-40)45-32-46-42-22-9-8-21-41(42)44(31-47(46)43-23-12-28-53-48(43)45)37-18-11-20-39(30-37)51-55-49(35-15-6-3-7-16-35)54-50(56-51)38-19-10-17-36(29-38)33-13-4-2-5-14-33/h2-32H. The third-order valence-corrected chi connectivity index (χ3v) is 10.4. The molecule has 56 heavy (non-hydrogen) atoms. The molecule has 0 atom stereocenters. The van der Waals surface area contributed by atoms with Gasteiger partial charge in [-0.3, -0.25) is 4.98 Å². The van der Waals surface area contributed by atoms with Crippen LogP contribution >= 0.6 is 0 Å². The molecule has 0 unspecified atom stereocenters. The molecule has 0 spiro atoms. The topological polar surface area (TPSA) is 55.9 Å². The average molecular weight is 714 g/mol. The van der Waals surface area contributed by atoms with E-state index in [2.05, 4.69) is 120 Å². The van der Waals surface area contributed by atoms with Gasteiger partial charge in [0.15, 0.2) is 23.2 Å². The fourth-order valence-electron chi connectivity index (χ4n) is 7.65. The maximum Gasteiger partial charge on any atom is 0.187 e. The van der Waals surface area contributed by atoms with Crippen LogP contribution in [0.1, 0.15) is 0 Å². The number of rotatable bonds is 6. The van der Waals surface area contributed by atoms with E-state index in [9.17, 15) is 0 Å². The summed E-state index contributed by atoms with van der Waals surface area (Å²) in [6, 6.07) is 62.4. The molecular weight excluding hydrogens is 683 g/mol. The van der Waals surface area contributed by atoms with E-state index in [-0.39, 0.29) is 0 Å². The van der Waals surface area contributed by atoms with E-state index < -0.39 is 0 Å². The van der Waals surface area contributed by atoms with Gasteiger partial charge in [0.2, 0.25) is 0 Å². The molecule has 0 aliphatic heterocycles. The Morgan fingerprint density at radius 1 is 0.339 bits per heavy atom. The molecule has 0 aliphatic carbocycles. The number of hydrogen-bond donors (Lipinski definition) is 0. The molecule has 2 aromatic heterocycles. The van der Waals surface area contributed by atoms with E-state index in [4.69, 9.17) is 26.5 Å². The van der Waals surface area contributed by atoms with E-state index in [0.717, 1.165) is 82.5 Å². The first-order valence-corrected chi connectivity index (χ1v) is 18.5. The second-order valence-electron chi connectivity index (χ2n) is 13.7. The van der Waals surface area contributed by atoms with Crippen LogP contribution in [0.4, 0.5) is 5.69 Å².